The smallest absolute Gasteiger partial charge is 0.262 e. The lowest BCUT2D eigenvalue weighted by molar-refractivity contribution is 0.102. The highest BCUT2D eigenvalue weighted by molar-refractivity contribution is 9.10. The number of amides is 1. The first kappa shape index (κ1) is 21.7. The van der Waals surface area contributed by atoms with Crippen LogP contribution in [0.2, 0.25) is 0 Å². The number of nitrogens with zero attached hydrogens (tertiary/aromatic N) is 2. The Bertz CT molecular complexity index is 1220. The fourth-order valence-corrected chi connectivity index (χ4v) is 3.42. The molecule has 1 amide bonds. The quantitative estimate of drug-likeness (QED) is 0.350. The maximum Gasteiger partial charge on any atom is 0.262 e. The van der Waals surface area contributed by atoms with Gasteiger partial charge in [-0.1, -0.05) is 46.3 Å². The van der Waals surface area contributed by atoms with Gasteiger partial charge in [-0.25, -0.2) is 8.78 Å². The highest BCUT2D eigenvalue weighted by Crippen LogP contribution is 2.22. The van der Waals surface area contributed by atoms with Gasteiger partial charge in [-0.05, 0) is 53.6 Å². The van der Waals surface area contributed by atoms with Crippen LogP contribution < -0.4 is 10.1 Å². The lowest BCUT2D eigenvalue weighted by Crippen LogP contribution is -2.12. The zero-order valence-electron chi connectivity index (χ0n) is 16.8. The summed E-state index contributed by atoms with van der Waals surface area (Å²) in [6, 6.07) is 19.1. The minimum Gasteiger partial charge on any atom is -0.471 e. The van der Waals surface area contributed by atoms with E-state index in [9.17, 15) is 13.6 Å². The van der Waals surface area contributed by atoms with Gasteiger partial charge in [0.15, 0.2) is 0 Å². The molecule has 0 radical (unpaired) electrons. The van der Waals surface area contributed by atoms with Gasteiger partial charge in [-0.2, -0.15) is 0 Å². The zero-order valence-corrected chi connectivity index (χ0v) is 18.4. The number of nitrogens with one attached hydrogen (secondary N) is 1. The van der Waals surface area contributed by atoms with Crippen molar-refractivity contribution in [3.63, 3.8) is 0 Å². The molecule has 32 heavy (non-hydrogen) atoms. The number of aromatic nitrogens is 2. The van der Waals surface area contributed by atoms with Crippen LogP contribution in [0.15, 0.2) is 83.5 Å². The number of carbonyl (C=O) groups excluding carboxylic acids is 1. The van der Waals surface area contributed by atoms with Crippen LogP contribution in [0.3, 0.4) is 0 Å². The van der Waals surface area contributed by atoms with Crippen molar-refractivity contribution in [3.8, 4) is 5.88 Å². The summed E-state index contributed by atoms with van der Waals surface area (Å²) in [5, 5.41) is 7.23. The molecule has 0 saturated heterocycles. The second kappa shape index (κ2) is 9.74. The fourth-order valence-electron chi connectivity index (χ4n) is 3.02. The van der Waals surface area contributed by atoms with Crippen molar-refractivity contribution in [2.75, 3.05) is 5.32 Å². The molecule has 4 rings (SSSR count). The summed E-state index contributed by atoms with van der Waals surface area (Å²) in [4.78, 5) is 13.0. The monoisotopic (exact) mass is 497 g/mol. The number of carbonyl (C=O) groups is 1. The standard InChI is InChI=1S/C24H18BrF2N3O2/c25-18-2-1-3-21(12-18)28-23(31)22-14-30(13-16-4-8-19(26)9-5-16)29-24(22)32-15-17-6-10-20(27)11-7-17/h1-12,14H,13,15H2,(H,28,31). The second-order valence-electron chi connectivity index (χ2n) is 7.05. The van der Waals surface area contributed by atoms with E-state index in [0.717, 1.165) is 15.6 Å². The van der Waals surface area contributed by atoms with Crippen LogP contribution in [0.25, 0.3) is 0 Å². The number of ether oxygens (including phenoxy) is 1. The summed E-state index contributed by atoms with van der Waals surface area (Å²) in [6.07, 6.45) is 1.58. The molecule has 5 nitrogen and oxygen atoms in total. The Balaban J connectivity index is 1.57. The molecule has 1 heterocycles. The van der Waals surface area contributed by atoms with Gasteiger partial charge in [-0.15, -0.1) is 5.10 Å². The Kier molecular flexibility index (Phi) is 6.61. The second-order valence-corrected chi connectivity index (χ2v) is 7.97. The average Bonchev–Trinajstić information content (AvgIpc) is 3.18. The van der Waals surface area contributed by atoms with Crippen LogP contribution in [0.5, 0.6) is 5.88 Å². The third-order valence-electron chi connectivity index (χ3n) is 4.60. The summed E-state index contributed by atoms with van der Waals surface area (Å²) >= 11 is 3.38. The van der Waals surface area contributed by atoms with Crippen LogP contribution >= 0.6 is 15.9 Å². The molecule has 4 aromatic rings. The van der Waals surface area contributed by atoms with Gasteiger partial charge in [0.25, 0.3) is 5.91 Å². The number of anilines is 1. The molecule has 1 N–H and O–H groups in total. The first-order valence-electron chi connectivity index (χ1n) is 9.72. The van der Waals surface area contributed by atoms with E-state index < -0.39 is 0 Å². The molecule has 162 valence electrons. The molecule has 0 aliphatic heterocycles. The van der Waals surface area contributed by atoms with E-state index in [1.54, 1.807) is 47.3 Å². The largest absolute Gasteiger partial charge is 0.471 e. The average molecular weight is 498 g/mol. The number of rotatable bonds is 7. The lowest BCUT2D eigenvalue weighted by Gasteiger charge is -2.07. The summed E-state index contributed by atoms with van der Waals surface area (Å²) in [6.45, 7) is 0.447. The Labute approximate surface area is 191 Å². The molecule has 0 fully saturated rings. The maximum absolute atomic E-state index is 13.2. The highest BCUT2D eigenvalue weighted by atomic mass is 79.9. The predicted octanol–water partition coefficient (Wildman–Crippen LogP) is 5.80. The number of halogens is 3. The SMILES string of the molecule is O=C(Nc1cccc(Br)c1)c1cn(Cc2ccc(F)cc2)nc1OCc1ccc(F)cc1. The summed E-state index contributed by atoms with van der Waals surface area (Å²) < 4.78 is 34.5. The minimum absolute atomic E-state index is 0.116. The third kappa shape index (κ3) is 5.59. The topological polar surface area (TPSA) is 56.2 Å². The van der Waals surface area contributed by atoms with Crippen molar-refractivity contribution >= 4 is 27.5 Å². The molecular weight excluding hydrogens is 480 g/mol. The zero-order chi connectivity index (χ0) is 22.5. The van der Waals surface area contributed by atoms with Crippen LogP contribution in [0, 0.1) is 11.6 Å². The third-order valence-corrected chi connectivity index (χ3v) is 5.09. The Morgan fingerprint density at radius 1 is 0.969 bits per heavy atom. The molecule has 0 spiro atoms. The van der Waals surface area contributed by atoms with Gasteiger partial charge in [0.05, 0.1) is 6.54 Å². The van der Waals surface area contributed by atoms with Crippen molar-refractivity contribution < 1.29 is 18.3 Å². The van der Waals surface area contributed by atoms with Crippen molar-refractivity contribution in [2.45, 2.75) is 13.2 Å². The lowest BCUT2D eigenvalue weighted by atomic mass is 10.2. The van der Waals surface area contributed by atoms with Gasteiger partial charge < -0.3 is 10.1 Å². The Morgan fingerprint density at radius 2 is 1.62 bits per heavy atom. The van der Waals surface area contributed by atoms with Crippen LogP contribution in [-0.4, -0.2) is 15.7 Å². The van der Waals surface area contributed by atoms with Gasteiger partial charge >= 0.3 is 0 Å². The summed E-state index contributed by atoms with van der Waals surface area (Å²) in [7, 11) is 0. The molecule has 0 unspecified atom stereocenters. The molecule has 3 aromatic carbocycles. The predicted molar refractivity (Wildman–Crippen MR) is 121 cm³/mol. The maximum atomic E-state index is 13.2. The van der Waals surface area contributed by atoms with Gasteiger partial charge in [0, 0.05) is 16.4 Å². The van der Waals surface area contributed by atoms with Crippen molar-refractivity contribution in [3.05, 3.63) is 112 Å². The van der Waals surface area contributed by atoms with Crippen LogP contribution in [0.4, 0.5) is 14.5 Å². The van der Waals surface area contributed by atoms with Gasteiger partial charge in [0.2, 0.25) is 5.88 Å². The molecule has 0 atom stereocenters. The molecular formula is C24H18BrF2N3O2. The van der Waals surface area contributed by atoms with E-state index in [1.165, 1.54) is 24.3 Å². The van der Waals surface area contributed by atoms with Crippen LogP contribution in [0.1, 0.15) is 21.5 Å². The van der Waals surface area contributed by atoms with E-state index in [1.807, 2.05) is 12.1 Å². The summed E-state index contributed by atoms with van der Waals surface area (Å²) in [5.41, 5.74) is 2.41. The summed E-state index contributed by atoms with van der Waals surface area (Å²) in [5.74, 6) is -0.912. The first-order chi connectivity index (χ1) is 15.5. The van der Waals surface area contributed by atoms with E-state index >= 15 is 0 Å². The van der Waals surface area contributed by atoms with Gasteiger partial charge in [0.1, 0.15) is 23.8 Å². The van der Waals surface area contributed by atoms with Crippen molar-refractivity contribution in [1.29, 1.82) is 0 Å². The van der Waals surface area contributed by atoms with Crippen LogP contribution in [-0.2, 0) is 13.2 Å². The molecule has 0 aliphatic rings. The van der Waals surface area contributed by atoms with E-state index in [4.69, 9.17) is 4.74 Å². The van der Waals surface area contributed by atoms with E-state index in [-0.39, 0.29) is 35.6 Å². The molecule has 0 aliphatic carbocycles. The molecule has 1 aromatic heterocycles. The van der Waals surface area contributed by atoms with E-state index in [2.05, 4.69) is 26.3 Å². The Hall–Kier alpha value is -3.52. The Morgan fingerprint density at radius 3 is 2.28 bits per heavy atom. The number of benzene rings is 3. The van der Waals surface area contributed by atoms with Crippen molar-refractivity contribution in [2.24, 2.45) is 0 Å². The normalized spacial score (nSPS) is 10.7. The van der Waals surface area contributed by atoms with Gasteiger partial charge in [-0.3, -0.25) is 9.48 Å². The highest BCUT2D eigenvalue weighted by Gasteiger charge is 2.19. The van der Waals surface area contributed by atoms with E-state index in [0.29, 0.717) is 12.2 Å². The van der Waals surface area contributed by atoms with Crippen molar-refractivity contribution in [1.82, 2.24) is 9.78 Å². The molecule has 8 heteroatoms. The molecule has 0 saturated carbocycles. The fraction of sp³-hybridized carbons (Fsp3) is 0.0833. The first-order valence-corrected chi connectivity index (χ1v) is 10.5. The minimum atomic E-state index is -0.387. The number of hydrogen-bond donors (Lipinski definition) is 1. The number of hydrogen-bond acceptors (Lipinski definition) is 3. The molecule has 0 bridgehead atoms.